The number of likely N-dealkylation sites (N-methyl/N-ethyl adjacent to an activating group) is 2. The van der Waals surface area contributed by atoms with Crippen LogP contribution in [0.25, 0.3) is 0 Å². The van der Waals surface area contributed by atoms with Crippen LogP contribution < -0.4 is 15.5 Å². The molecule has 1 atom stereocenters. The first-order chi connectivity index (χ1) is 12.7. The Morgan fingerprint density at radius 1 is 1.07 bits per heavy atom. The molecule has 27 heavy (non-hydrogen) atoms. The predicted octanol–water partition coefficient (Wildman–Crippen LogP) is 1.68. The number of guanidine groups is 1. The standard InChI is InChI=1S/C20H34N6.HI/c1-21-20(22-15-19-16-24(2)13-14-25(19)3)23-17-9-11-26(12-10-17)18-7-5-4-6-8-18;/h4-8,17,19H,9-16H2,1-3H3,(H2,21,22,23);1H. The molecule has 1 aromatic rings. The van der Waals surface area contributed by atoms with E-state index in [4.69, 9.17) is 0 Å². The Hall–Kier alpha value is -1.06. The third-order valence-electron chi connectivity index (χ3n) is 5.67. The number of anilines is 1. The third-order valence-corrected chi connectivity index (χ3v) is 5.67. The number of piperidine rings is 1. The Morgan fingerprint density at radius 3 is 2.44 bits per heavy atom. The van der Waals surface area contributed by atoms with E-state index >= 15 is 0 Å². The molecule has 0 saturated carbocycles. The van der Waals surface area contributed by atoms with Gasteiger partial charge in [0, 0.05) is 64.1 Å². The average molecular weight is 486 g/mol. The van der Waals surface area contributed by atoms with Gasteiger partial charge in [-0.05, 0) is 39.1 Å². The van der Waals surface area contributed by atoms with E-state index in [9.17, 15) is 0 Å². The van der Waals surface area contributed by atoms with Gasteiger partial charge in [-0.1, -0.05) is 18.2 Å². The molecular formula is C20H35IN6. The number of hydrogen-bond donors (Lipinski definition) is 2. The zero-order chi connectivity index (χ0) is 18.4. The molecule has 1 unspecified atom stereocenters. The summed E-state index contributed by atoms with van der Waals surface area (Å²) in [6.45, 7) is 6.51. The quantitative estimate of drug-likeness (QED) is 0.386. The van der Waals surface area contributed by atoms with Gasteiger partial charge in [-0.15, -0.1) is 24.0 Å². The van der Waals surface area contributed by atoms with Crippen molar-refractivity contribution in [1.82, 2.24) is 20.4 Å². The van der Waals surface area contributed by atoms with Gasteiger partial charge in [-0.2, -0.15) is 0 Å². The molecule has 2 saturated heterocycles. The maximum absolute atomic E-state index is 4.44. The van der Waals surface area contributed by atoms with Crippen LogP contribution in [-0.4, -0.2) is 88.3 Å². The van der Waals surface area contributed by atoms with Crippen LogP contribution >= 0.6 is 24.0 Å². The molecule has 2 fully saturated rings. The van der Waals surface area contributed by atoms with Gasteiger partial charge in [0.15, 0.2) is 5.96 Å². The molecule has 0 spiro atoms. The lowest BCUT2D eigenvalue weighted by Gasteiger charge is -2.38. The second-order valence-corrected chi connectivity index (χ2v) is 7.59. The first kappa shape index (κ1) is 22.2. The number of benzene rings is 1. The summed E-state index contributed by atoms with van der Waals surface area (Å²) in [7, 11) is 6.29. The molecule has 0 aliphatic carbocycles. The molecule has 152 valence electrons. The normalized spacial score (nSPS) is 23.0. The minimum Gasteiger partial charge on any atom is -0.371 e. The highest BCUT2D eigenvalue weighted by atomic mass is 127. The molecule has 0 aromatic heterocycles. The summed E-state index contributed by atoms with van der Waals surface area (Å²) in [5.41, 5.74) is 1.33. The van der Waals surface area contributed by atoms with Crippen molar-refractivity contribution in [3.8, 4) is 0 Å². The maximum atomic E-state index is 4.44. The lowest BCUT2D eigenvalue weighted by molar-refractivity contribution is 0.116. The Labute approximate surface area is 181 Å². The predicted molar refractivity (Wildman–Crippen MR) is 126 cm³/mol. The molecule has 0 bridgehead atoms. The average Bonchev–Trinajstić information content (AvgIpc) is 2.68. The summed E-state index contributed by atoms with van der Waals surface area (Å²) >= 11 is 0. The second-order valence-electron chi connectivity index (χ2n) is 7.59. The Morgan fingerprint density at radius 2 is 1.78 bits per heavy atom. The highest BCUT2D eigenvalue weighted by molar-refractivity contribution is 14.0. The minimum absolute atomic E-state index is 0. The van der Waals surface area contributed by atoms with E-state index in [2.05, 4.69) is 74.8 Å². The molecule has 3 rings (SSSR count). The van der Waals surface area contributed by atoms with E-state index in [-0.39, 0.29) is 24.0 Å². The molecule has 2 N–H and O–H groups in total. The van der Waals surface area contributed by atoms with E-state index in [1.54, 1.807) is 0 Å². The molecule has 2 aliphatic heterocycles. The largest absolute Gasteiger partial charge is 0.371 e. The summed E-state index contributed by atoms with van der Waals surface area (Å²) < 4.78 is 0. The van der Waals surface area contributed by atoms with Gasteiger partial charge in [0.2, 0.25) is 0 Å². The van der Waals surface area contributed by atoms with Crippen molar-refractivity contribution in [2.24, 2.45) is 4.99 Å². The number of aliphatic imine (C=N–C) groups is 1. The van der Waals surface area contributed by atoms with Crippen molar-refractivity contribution in [1.29, 1.82) is 0 Å². The smallest absolute Gasteiger partial charge is 0.191 e. The number of piperazine rings is 1. The van der Waals surface area contributed by atoms with Crippen molar-refractivity contribution in [2.75, 3.05) is 65.3 Å². The van der Waals surface area contributed by atoms with E-state index < -0.39 is 0 Å². The lowest BCUT2D eigenvalue weighted by atomic mass is 10.0. The van der Waals surface area contributed by atoms with Crippen LogP contribution in [0.1, 0.15) is 12.8 Å². The molecular weight excluding hydrogens is 451 g/mol. The minimum atomic E-state index is 0. The SMILES string of the molecule is CN=C(NCC1CN(C)CCN1C)NC1CCN(c2ccccc2)CC1.I. The van der Waals surface area contributed by atoms with Gasteiger partial charge >= 0.3 is 0 Å². The van der Waals surface area contributed by atoms with Crippen LogP contribution in [-0.2, 0) is 0 Å². The molecule has 0 amide bonds. The summed E-state index contributed by atoms with van der Waals surface area (Å²) in [4.78, 5) is 11.8. The Balaban J connectivity index is 0.00000261. The molecule has 0 radical (unpaired) electrons. The van der Waals surface area contributed by atoms with Crippen LogP contribution in [0.15, 0.2) is 35.3 Å². The molecule has 2 aliphatic rings. The Bertz CT molecular complexity index is 573. The zero-order valence-corrected chi connectivity index (χ0v) is 19.2. The first-order valence-electron chi connectivity index (χ1n) is 9.81. The number of nitrogens with zero attached hydrogens (tertiary/aromatic N) is 4. The fourth-order valence-electron chi connectivity index (χ4n) is 3.85. The monoisotopic (exact) mass is 486 g/mol. The lowest BCUT2D eigenvalue weighted by Crippen LogP contribution is -2.56. The fraction of sp³-hybridized carbons (Fsp3) is 0.650. The van der Waals surface area contributed by atoms with Crippen LogP contribution in [0.5, 0.6) is 0 Å². The summed E-state index contributed by atoms with van der Waals surface area (Å²) in [6, 6.07) is 11.7. The van der Waals surface area contributed by atoms with Crippen LogP contribution in [0.2, 0.25) is 0 Å². The number of hydrogen-bond acceptors (Lipinski definition) is 4. The van der Waals surface area contributed by atoms with Gasteiger partial charge in [0.1, 0.15) is 0 Å². The maximum Gasteiger partial charge on any atom is 0.191 e. The van der Waals surface area contributed by atoms with E-state index in [0.717, 1.165) is 58.1 Å². The highest BCUT2D eigenvalue weighted by Gasteiger charge is 2.23. The van der Waals surface area contributed by atoms with Gasteiger partial charge in [-0.25, -0.2) is 0 Å². The van der Waals surface area contributed by atoms with E-state index in [1.807, 2.05) is 7.05 Å². The van der Waals surface area contributed by atoms with Crippen molar-refractivity contribution in [2.45, 2.75) is 24.9 Å². The van der Waals surface area contributed by atoms with Crippen molar-refractivity contribution >= 4 is 35.6 Å². The Kier molecular flexibility index (Phi) is 9.11. The van der Waals surface area contributed by atoms with E-state index in [0.29, 0.717) is 12.1 Å². The van der Waals surface area contributed by atoms with Crippen LogP contribution in [0, 0.1) is 0 Å². The summed E-state index contributed by atoms with van der Waals surface area (Å²) in [6.07, 6.45) is 2.28. The van der Waals surface area contributed by atoms with Gasteiger partial charge in [0.25, 0.3) is 0 Å². The second kappa shape index (κ2) is 11.1. The van der Waals surface area contributed by atoms with Crippen LogP contribution in [0.4, 0.5) is 5.69 Å². The molecule has 2 heterocycles. The van der Waals surface area contributed by atoms with Crippen molar-refractivity contribution in [3.63, 3.8) is 0 Å². The van der Waals surface area contributed by atoms with Crippen LogP contribution in [0.3, 0.4) is 0 Å². The number of nitrogens with one attached hydrogen (secondary N) is 2. The molecule has 1 aromatic carbocycles. The van der Waals surface area contributed by atoms with Gasteiger partial charge in [0.05, 0.1) is 0 Å². The number of rotatable bonds is 4. The van der Waals surface area contributed by atoms with Crippen molar-refractivity contribution in [3.05, 3.63) is 30.3 Å². The zero-order valence-electron chi connectivity index (χ0n) is 16.9. The fourth-order valence-corrected chi connectivity index (χ4v) is 3.85. The van der Waals surface area contributed by atoms with Crippen molar-refractivity contribution < 1.29 is 0 Å². The highest BCUT2D eigenvalue weighted by Crippen LogP contribution is 2.19. The first-order valence-corrected chi connectivity index (χ1v) is 9.81. The van der Waals surface area contributed by atoms with Gasteiger partial charge < -0.3 is 20.4 Å². The van der Waals surface area contributed by atoms with E-state index in [1.165, 1.54) is 5.69 Å². The number of halogens is 1. The van der Waals surface area contributed by atoms with Gasteiger partial charge in [-0.3, -0.25) is 9.89 Å². The molecule has 7 heteroatoms. The summed E-state index contributed by atoms with van der Waals surface area (Å²) in [5.74, 6) is 0.935. The molecule has 6 nitrogen and oxygen atoms in total. The topological polar surface area (TPSA) is 46.1 Å². The number of para-hydroxylation sites is 1. The summed E-state index contributed by atoms with van der Waals surface area (Å²) in [5, 5.41) is 7.16. The third kappa shape index (κ3) is 6.50.